The number of anilines is 1. The highest BCUT2D eigenvalue weighted by Gasteiger charge is 2.64. The molecule has 2 fully saturated rings. The van der Waals surface area contributed by atoms with E-state index in [-0.39, 0.29) is 12.0 Å². The Kier molecular flexibility index (Phi) is 5.79. The fourth-order valence-electron chi connectivity index (χ4n) is 4.73. The Morgan fingerprint density at radius 3 is 2.25 bits per heavy atom. The van der Waals surface area contributed by atoms with Crippen LogP contribution in [0.2, 0.25) is 5.02 Å². The highest BCUT2D eigenvalue weighted by Crippen LogP contribution is 2.53. The molecule has 8 heteroatoms. The van der Waals surface area contributed by atoms with Crippen LogP contribution in [0.3, 0.4) is 0 Å². The molecule has 0 bridgehead atoms. The summed E-state index contributed by atoms with van der Waals surface area (Å²) in [6.07, 6.45) is 3.49. The fraction of sp³-hybridized carbons (Fsp3) is 0.292. The van der Waals surface area contributed by atoms with E-state index < -0.39 is 35.7 Å². The van der Waals surface area contributed by atoms with Crippen molar-refractivity contribution in [1.29, 1.82) is 0 Å². The van der Waals surface area contributed by atoms with Gasteiger partial charge in [0.15, 0.2) is 0 Å². The lowest BCUT2D eigenvalue weighted by atomic mass is 9.84. The molecule has 2 aromatic carbocycles. The topological polar surface area (TPSA) is 104 Å². The number of primary amides is 1. The molecule has 2 aromatic rings. The number of rotatable bonds is 2. The summed E-state index contributed by atoms with van der Waals surface area (Å²) in [5, 5.41) is 8.57. The summed E-state index contributed by atoms with van der Waals surface area (Å²) < 4.78 is 0. The fourth-order valence-corrected chi connectivity index (χ4v) is 4.85. The number of hydrogen-bond acceptors (Lipinski definition) is 5. The lowest BCUT2D eigenvalue weighted by Gasteiger charge is -2.34. The van der Waals surface area contributed by atoms with Gasteiger partial charge in [-0.1, -0.05) is 35.9 Å². The second kappa shape index (κ2) is 8.41. The first-order chi connectivity index (χ1) is 15.2. The van der Waals surface area contributed by atoms with Crippen LogP contribution >= 0.6 is 11.6 Å². The Morgan fingerprint density at radius 1 is 1.03 bits per heavy atom. The van der Waals surface area contributed by atoms with E-state index in [9.17, 15) is 14.4 Å². The Balaban J connectivity index is 0.000000567. The third kappa shape index (κ3) is 3.57. The zero-order chi connectivity index (χ0) is 23.2. The van der Waals surface area contributed by atoms with Crippen LogP contribution in [-0.4, -0.2) is 39.9 Å². The first kappa shape index (κ1) is 22.0. The number of benzene rings is 2. The van der Waals surface area contributed by atoms with Gasteiger partial charge in [-0.25, -0.2) is 4.90 Å². The van der Waals surface area contributed by atoms with Crippen LogP contribution in [0.25, 0.3) is 6.08 Å². The minimum absolute atomic E-state index is 0.167. The van der Waals surface area contributed by atoms with Gasteiger partial charge in [-0.15, -0.1) is 0 Å². The molecule has 3 aliphatic heterocycles. The molecular weight excluding hydrogens is 430 g/mol. The third-order valence-electron chi connectivity index (χ3n) is 5.84. The molecule has 0 spiro atoms. The average Bonchev–Trinajstić information content (AvgIpc) is 3.22. The smallest absolute Gasteiger partial charge is 0.240 e. The van der Waals surface area contributed by atoms with Gasteiger partial charge in [0.25, 0.3) is 0 Å². The van der Waals surface area contributed by atoms with Crippen molar-refractivity contribution < 1.29 is 19.5 Å². The maximum absolute atomic E-state index is 13.4. The van der Waals surface area contributed by atoms with Crippen LogP contribution in [0.4, 0.5) is 5.69 Å². The van der Waals surface area contributed by atoms with Crippen LogP contribution in [0.15, 0.2) is 54.7 Å². The summed E-state index contributed by atoms with van der Waals surface area (Å²) >= 11 is 5.94. The van der Waals surface area contributed by atoms with Crippen LogP contribution < -0.4 is 10.6 Å². The normalized spacial score (nSPS) is 25.3. The van der Waals surface area contributed by atoms with E-state index in [1.54, 1.807) is 49.2 Å². The van der Waals surface area contributed by atoms with Crippen LogP contribution in [0, 0.1) is 11.8 Å². The van der Waals surface area contributed by atoms with Gasteiger partial charge < -0.3 is 15.7 Å². The lowest BCUT2D eigenvalue weighted by Crippen LogP contribution is -2.46. The van der Waals surface area contributed by atoms with Crippen LogP contribution in [0.1, 0.15) is 31.0 Å². The third-order valence-corrected chi connectivity index (χ3v) is 6.09. The quantitative estimate of drug-likeness (QED) is 0.680. The highest BCUT2D eigenvalue weighted by atomic mass is 35.5. The van der Waals surface area contributed by atoms with Crippen molar-refractivity contribution in [2.45, 2.75) is 32.0 Å². The predicted molar refractivity (Wildman–Crippen MR) is 121 cm³/mol. The molecule has 0 radical (unpaired) electrons. The minimum Gasteiger partial charge on any atom is -0.394 e. The van der Waals surface area contributed by atoms with Gasteiger partial charge in [0.05, 0.1) is 23.6 Å². The van der Waals surface area contributed by atoms with E-state index in [0.717, 1.165) is 11.1 Å². The summed E-state index contributed by atoms with van der Waals surface area (Å²) in [5.74, 6) is -2.82. The summed E-state index contributed by atoms with van der Waals surface area (Å²) in [5.41, 5.74) is 8.02. The van der Waals surface area contributed by atoms with Gasteiger partial charge in [0.1, 0.15) is 6.04 Å². The van der Waals surface area contributed by atoms with Gasteiger partial charge in [-0.3, -0.25) is 14.4 Å². The van der Waals surface area contributed by atoms with E-state index in [1.165, 1.54) is 4.90 Å². The van der Waals surface area contributed by atoms with Gasteiger partial charge in [-0.05, 0) is 55.3 Å². The number of nitrogens with zero attached hydrogens (tertiary/aromatic N) is 2. The summed E-state index contributed by atoms with van der Waals surface area (Å²) in [6.45, 7) is 3.44. The molecule has 3 amide bonds. The molecule has 4 atom stereocenters. The summed E-state index contributed by atoms with van der Waals surface area (Å²) in [7, 11) is 0. The molecule has 3 N–H and O–H groups in total. The number of imide groups is 1. The van der Waals surface area contributed by atoms with E-state index in [0.29, 0.717) is 10.7 Å². The first-order valence-electron chi connectivity index (χ1n) is 10.4. The predicted octanol–water partition coefficient (Wildman–Crippen LogP) is 2.73. The molecule has 0 unspecified atom stereocenters. The number of amides is 3. The molecule has 32 heavy (non-hydrogen) atoms. The van der Waals surface area contributed by atoms with E-state index in [1.807, 2.05) is 30.3 Å². The van der Waals surface area contributed by atoms with Crippen molar-refractivity contribution in [1.82, 2.24) is 4.90 Å². The molecule has 7 nitrogen and oxygen atoms in total. The molecule has 2 saturated heterocycles. The number of fused-ring (bicyclic) bond motifs is 5. The first-order valence-corrected chi connectivity index (χ1v) is 10.8. The molecule has 0 aliphatic carbocycles. The Hall–Kier alpha value is -3.16. The van der Waals surface area contributed by atoms with Gasteiger partial charge in [0, 0.05) is 17.3 Å². The van der Waals surface area contributed by atoms with Crippen molar-refractivity contribution in [3.8, 4) is 0 Å². The number of carbonyl (C=O) groups excluding carboxylic acids is 3. The number of nitrogens with two attached hydrogens (primary N) is 1. The largest absolute Gasteiger partial charge is 0.394 e. The van der Waals surface area contributed by atoms with Crippen LogP contribution in [-0.2, 0) is 14.4 Å². The molecule has 5 rings (SSSR count). The maximum atomic E-state index is 13.4. The zero-order valence-electron chi connectivity index (χ0n) is 17.7. The van der Waals surface area contributed by atoms with E-state index in [2.05, 4.69) is 0 Å². The Bertz CT molecular complexity index is 1100. The SMILES string of the molecule is CC(C)O.NC(=O)[C@@H]1[C@@H]2C(=O)N(c3ccc(Cl)cc3)C(=O)[C@@H]2[C@H]2c3ccccc3C=CN12. The Morgan fingerprint density at radius 2 is 1.62 bits per heavy atom. The molecule has 3 heterocycles. The number of aliphatic hydroxyl groups is 1. The monoisotopic (exact) mass is 453 g/mol. The Labute approximate surface area is 191 Å². The summed E-state index contributed by atoms with van der Waals surface area (Å²) in [6, 6.07) is 12.9. The van der Waals surface area contributed by atoms with Gasteiger partial charge in [-0.2, -0.15) is 0 Å². The molecule has 0 saturated carbocycles. The van der Waals surface area contributed by atoms with Gasteiger partial charge in [0.2, 0.25) is 17.7 Å². The van der Waals surface area contributed by atoms with Crippen molar-refractivity contribution in [2.24, 2.45) is 17.6 Å². The average molecular weight is 454 g/mol. The van der Waals surface area contributed by atoms with Crippen molar-refractivity contribution in [3.63, 3.8) is 0 Å². The van der Waals surface area contributed by atoms with Crippen molar-refractivity contribution >= 4 is 41.1 Å². The maximum Gasteiger partial charge on any atom is 0.240 e. The lowest BCUT2D eigenvalue weighted by molar-refractivity contribution is -0.129. The number of aliphatic hydroxyl groups excluding tert-OH is 1. The molecule has 166 valence electrons. The second-order valence-electron chi connectivity index (χ2n) is 8.32. The van der Waals surface area contributed by atoms with Gasteiger partial charge >= 0.3 is 0 Å². The highest BCUT2D eigenvalue weighted by molar-refractivity contribution is 6.31. The summed E-state index contributed by atoms with van der Waals surface area (Å²) in [4.78, 5) is 41.9. The zero-order valence-corrected chi connectivity index (χ0v) is 18.4. The molecule has 0 aromatic heterocycles. The standard InChI is InChI=1S/C21H16ClN3O3.C3H8O/c22-12-5-7-13(8-6-12)25-20(27)15-16(21(25)28)18(19(23)26)24-10-9-11-3-1-2-4-14(11)17(15)24;1-3(2)4/h1-10,15-18H,(H2,23,26);3-4H,1-2H3/t15-,16+,17+,18-;/m0./s1. The number of carbonyl (C=O) groups is 3. The molecular formula is C24H24ClN3O4. The number of hydrogen-bond donors (Lipinski definition) is 2. The second-order valence-corrected chi connectivity index (χ2v) is 8.75. The van der Waals surface area contributed by atoms with Crippen molar-refractivity contribution in [2.75, 3.05) is 4.90 Å². The molecule has 3 aliphatic rings. The van der Waals surface area contributed by atoms with E-state index >= 15 is 0 Å². The van der Waals surface area contributed by atoms with Crippen LogP contribution in [0.5, 0.6) is 0 Å². The minimum atomic E-state index is -0.867. The number of halogens is 1. The van der Waals surface area contributed by atoms with E-state index in [4.69, 9.17) is 22.4 Å². The van der Waals surface area contributed by atoms with Crippen molar-refractivity contribution in [3.05, 3.63) is 70.9 Å².